The molecule has 2 nitrogen and oxygen atoms in total. The van der Waals surface area contributed by atoms with Gasteiger partial charge < -0.3 is 11.5 Å². The minimum atomic E-state index is 0. The van der Waals surface area contributed by atoms with Crippen molar-refractivity contribution in [3.8, 4) is 0 Å². The number of halogens is 1. The standard InChI is InChI=1S/C6H12N2.ClH/c7-5-1-2-6(8)4-3-5;/h1,6H,2-4,7-8H2;1H. The van der Waals surface area contributed by atoms with Crippen LogP contribution >= 0.6 is 12.4 Å². The third-order valence-corrected chi connectivity index (χ3v) is 1.49. The summed E-state index contributed by atoms with van der Waals surface area (Å²) in [5.74, 6) is 0. The quantitative estimate of drug-likeness (QED) is 0.533. The van der Waals surface area contributed by atoms with Gasteiger partial charge in [0.05, 0.1) is 0 Å². The first-order valence-corrected chi connectivity index (χ1v) is 2.99. The predicted molar refractivity (Wildman–Crippen MR) is 41.3 cm³/mol. The Morgan fingerprint density at radius 1 is 1.56 bits per heavy atom. The summed E-state index contributed by atoms with van der Waals surface area (Å²) in [4.78, 5) is 0. The molecule has 1 rings (SSSR count). The highest BCUT2D eigenvalue weighted by atomic mass is 35.5. The zero-order chi connectivity index (χ0) is 5.98. The molecule has 0 spiro atoms. The summed E-state index contributed by atoms with van der Waals surface area (Å²) in [6.07, 6.45) is 5.03. The van der Waals surface area contributed by atoms with Crippen molar-refractivity contribution in [3.63, 3.8) is 0 Å². The molecule has 0 fully saturated rings. The van der Waals surface area contributed by atoms with Crippen LogP contribution in [0.3, 0.4) is 0 Å². The average Bonchev–Trinajstić information content (AvgIpc) is 1.77. The molecule has 0 aromatic rings. The second-order valence-corrected chi connectivity index (χ2v) is 2.31. The Morgan fingerprint density at radius 3 is 2.56 bits per heavy atom. The van der Waals surface area contributed by atoms with Crippen molar-refractivity contribution in [2.45, 2.75) is 25.3 Å². The smallest absolute Gasteiger partial charge is 0.00778 e. The summed E-state index contributed by atoms with van der Waals surface area (Å²) in [5.41, 5.74) is 12.1. The van der Waals surface area contributed by atoms with E-state index < -0.39 is 0 Å². The maximum atomic E-state index is 5.60. The summed E-state index contributed by atoms with van der Waals surface area (Å²) in [6.45, 7) is 0. The van der Waals surface area contributed by atoms with Gasteiger partial charge in [-0.25, -0.2) is 0 Å². The third kappa shape index (κ3) is 2.72. The molecular formula is C6H13ClN2. The maximum absolute atomic E-state index is 5.60. The van der Waals surface area contributed by atoms with Crippen molar-refractivity contribution >= 4 is 12.4 Å². The molecule has 4 N–H and O–H groups in total. The first-order chi connectivity index (χ1) is 3.79. The highest BCUT2D eigenvalue weighted by Crippen LogP contribution is 2.11. The first kappa shape index (κ1) is 8.79. The van der Waals surface area contributed by atoms with Gasteiger partial charge in [0, 0.05) is 11.7 Å². The topological polar surface area (TPSA) is 52.0 Å². The van der Waals surface area contributed by atoms with Crippen molar-refractivity contribution in [2.24, 2.45) is 11.5 Å². The first-order valence-electron chi connectivity index (χ1n) is 2.99. The van der Waals surface area contributed by atoms with Gasteiger partial charge in [-0.1, -0.05) is 6.08 Å². The molecule has 1 atom stereocenters. The molecule has 1 aliphatic rings. The molecule has 9 heavy (non-hydrogen) atoms. The van der Waals surface area contributed by atoms with E-state index in [-0.39, 0.29) is 12.4 Å². The Labute approximate surface area is 61.7 Å². The van der Waals surface area contributed by atoms with Crippen molar-refractivity contribution in [2.75, 3.05) is 0 Å². The van der Waals surface area contributed by atoms with Crippen molar-refractivity contribution < 1.29 is 0 Å². The average molecular weight is 149 g/mol. The molecule has 0 amide bonds. The zero-order valence-corrected chi connectivity index (χ0v) is 6.16. The molecule has 3 heteroatoms. The lowest BCUT2D eigenvalue weighted by molar-refractivity contribution is 0.587. The van der Waals surface area contributed by atoms with Gasteiger partial charge in [0.2, 0.25) is 0 Å². The van der Waals surface area contributed by atoms with Gasteiger partial charge in [0.1, 0.15) is 0 Å². The molecule has 1 aliphatic carbocycles. The fraction of sp³-hybridized carbons (Fsp3) is 0.667. The highest BCUT2D eigenvalue weighted by Gasteiger charge is 2.06. The van der Waals surface area contributed by atoms with Gasteiger partial charge in [-0.3, -0.25) is 0 Å². The second kappa shape index (κ2) is 3.75. The number of hydrogen-bond acceptors (Lipinski definition) is 2. The number of nitrogens with two attached hydrogens (primary N) is 2. The van der Waals surface area contributed by atoms with E-state index in [1.54, 1.807) is 0 Å². The Morgan fingerprint density at radius 2 is 2.22 bits per heavy atom. The monoisotopic (exact) mass is 148 g/mol. The Balaban J connectivity index is 0.000000640. The van der Waals surface area contributed by atoms with E-state index >= 15 is 0 Å². The van der Waals surface area contributed by atoms with Crippen molar-refractivity contribution in [3.05, 3.63) is 11.8 Å². The fourth-order valence-corrected chi connectivity index (χ4v) is 0.875. The fourth-order valence-electron chi connectivity index (χ4n) is 0.875. The lowest BCUT2D eigenvalue weighted by Crippen LogP contribution is -2.23. The minimum Gasteiger partial charge on any atom is -0.402 e. The molecule has 0 aliphatic heterocycles. The van der Waals surface area contributed by atoms with Crippen molar-refractivity contribution in [1.82, 2.24) is 0 Å². The highest BCUT2D eigenvalue weighted by molar-refractivity contribution is 5.85. The van der Waals surface area contributed by atoms with Crippen LogP contribution in [0.15, 0.2) is 11.8 Å². The van der Waals surface area contributed by atoms with Crippen LogP contribution in [-0.4, -0.2) is 6.04 Å². The van der Waals surface area contributed by atoms with Crippen LogP contribution in [0.25, 0.3) is 0 Å². The SMILES string of the molecule is Cl.NC1=CCC(N)CC1. The molecule has 54 valence electrons. The van der Waals surface area contributed by atoms with E-state index in [1.807, 2.05) is 6.08 Å². The van der Waals surface area contributed by atoms with Crippen LogP contribution in [0.2, 0.25) is 0 Å². The molecule has 1 unspecified atom stereocenters. The van der Waals surface area contributed by atoms with Gasteiger partial charge in [-0.15, -0.1) is 12.4 Å². The zero-order valence-electron chi connectivity index (χ0n) is 5.34. The van der Waals surface area contributed by atoms with Crippen molar-refractivity contribution in [1.29, 1.82) is 0 Å². The summed E-state index contributed by atoms with van der Waals surface area (Å²) >= 11 is 0. The maximum Gasteiger partial charge on any atom is 0.00778 e. The number of allylic oxidation sites excluding steroid dienone is 1. The van der Waals surface area contributed by atoms with E-state index in [2.05, 4.69) is 0 Å². The molecule has 0 saturated carbocycles. The van der Waals surface area contributed by atoms with Gasteiger partial charge in [-0.2, -0.15) is 0 Å². The van der Waals surface area contributed by atoms with Crippen LogP contribution in [0.1, 0.15) is 19.3 Å². The number of hydrogen-bond donors (Lipinski definition) is 2. The van der Waals surface area contributed by atoms with E-state index in [0.717, 1.165) is 25.0 Å². The van der Waals surface area contributed by atoms with Gasteiger partial charge in [0.25, 0.3) is 0 Å². The van der Waals surface area contributed by atoms with E-state index in [1.165, 1.54) is 0 Å². The van der Waals surface area contributed by atoms with Gasteiger partial charge >= 0.3 is 0 Å². The van der Waals surface area contributed by atoms with Gasteiger partial charge in [0.15, 0.2) is 0 Å². The van der Waals surface area contributed by atoms with E-state index in [4.69, 9.17) is 11.5 Å². The minimum absolute atomic E-state index is 0. The molecule has 0 saturated heterocycles. The Hall–Kier alpha value is -0.210. The summed E-state index contributed by atoms with van der Waals surface area (Å²) in [6, 6.07) is 0.363. The predicted octanol–water partition coefficient (Wildman–Crippen LogP) is 0.762. The van der Waals surface area contributed by atoms with Crippen LogP contribution in [0, 0.1) is 0 Å². The van der Waals surface area contributed by atoms with Crippen LogP contribution < -0.4 is 11.5 Å². The number of rotatable bonds is 0. The molecule has 0 bridgehead atoms. The Kier molecular flexibility index (Phi) is 3.66. The summed E-state index contributed by atoms with van der Waals surface area (Å²) in [5, 5.41) is 0. The second-order valence-electron chi connectivity index (χ2n) is 2.31. The lowest BCUT2D eigenvalue weighted by atomic mass is 10.0. The summed E-state index contributed by atoms with van der Waals surface area (Å²) in [7, 11) is 0. The Bertz CT molecular complexity index is 112. The van der Waals surface area contributed by atoms with Crippen LogP contribution in [-0.2, 0) is 0 Å². The molecular weight excluding hydrogens is 136 g/mol. The largest absolute Gasteiger partial charge is 0.402 e. The third-order valence-electron chi connectivity index (χ3n) is 1.49. The normalized spacial score (nSPS) is 26.3. The van der Waals surface area contributed by atoms with Crippen LogP contribution in [0.5, 0.6) is 0 Å². The molecule has 0 heterocycles. The molecule has 0 radical (unpaired) electrons. The summed E-state index contributed by atoms with van der Waals surface area (Å²) < 4.78 is 0. The van der Waals surface area contributed by atoms with Gasteiger partial charge in [-0.05, 0) is 19.3 Å². The molecule has 0 aromatic heterocycles. The van der Waals surface area contributed by atoms with E-state index in [9.17, 15) is 0 Å². The van der Waals surface area contributed by atoms with Crippen LogP contribution in [0.4, 0.5) is 0 Å². The lowest BCUT2D eigenvalue weighted by Gasteiger charge is -2.14. The molecule has 0 aromatic carbocycles. The van der Waals surface area contributed by atoms with E-state index in [0.29, 0.717) is 6.04 Å².